The second-order valence-electron chi connectivity index (χ2n) is 9.50. The third-order valence-corrected chi connectivity index (χ3v) is 13.4. The average molecular weight is 595 g/mol. The lowest BCUT2D eigenvalue weighted by molar-refractivity contribution is 0.196. The second kappa shape index (κ2) is 17.6. The monoisotopic (exact) mass is 594 g/mol. The van der Waals surface area contributed by atoms with E-state index in [1.807, 2.05) is 0 Å². The maximum absolute atomic E-state index is 13.2. The van der Waals surface area contributed by atoms with E-state index >= 15 is 0 Å². The summed E-state index contributed by atoms with van der Waals surface area (Å²) in [5, 5.41) is -0.559. The van der Waals surface area contributed by atoms with E-state index in [9.17, 15) is 25.3 Å². The van der Waals surface area contributed by atoms with Crippen LogP contribution >= 0.6 is 0 Å². The van der Waals surface area contributed by atoms with Gasteiger partial charge in [-0.2, -0.15) is 0 Å². The first-order chi connectivity index (χ1) is 16.9. The van der Waals surface area contributed by atoms with Crippen molar-refractivity contribution < 1.29 is 34.7 Å². The van der Waals surface area contributed by atoms with E-state index in [2.05, 4.69) is 23.3 Å². The van der Waals surface area contributed by atoms with Gasteiger partial charge in [0.05, 0.1) is 11.5 Å². The van der Waals surface area contributed by atoms with E-state index in [4.69, 9.17) is 9.47 Å². The number of hydrogen-bond acceptors (Lipinski definition) is 8. The maximum atomic E-state index is 13.2. The van der Waals surface area contributed by atoms with Crippen LogP contribution in [-0.4, -0.2) is 99.3 Å². The molecule has 0 aromatic carbocycles. The van der Waals surface area contributed by atoms with Crippen molar-refractivity contribution in [1.29, 1.82) is 0 Å². The highest BCUT2D eigenvalue weighted by Crippen LogP contribution is 2.35. The first-order valence-corrected chi connectivity index (χ1v) is 18.7. The Balaban J connectivity index is 2.60. The predicted octanol–water partition coefficient (Wildman–Crippen LogP) is 0.979. The first kappa shape index (κ1) is 34.1. The molecule has 6 atom stereocenters. The van der Waals surface area contributed by atoms with Gasteiger partial charge in [-0.3, -0.25) is 8.42 Å². The molecule has 1 rings (SSSR count). The van der Waals surface area contributed by atoms with Crippen molar-refractivity contribution in [2.45, 2.75) is 62.9 Å². The minimum absolute atomic E-state index is 0.104. The van der Waals surface area contributed by atoms with Gasteiger partial charge in [-0.25, -0.2) is 26.3 Å². The summed E-state index contributed by atoms with van der Waals surface area (Å²) in [6, 6.07) is 0. The molecule has 2 N–H and O–H groups in total. The lowest BCUT2D eigenvalue weighted by atomic mass is 9.81. The Bertz CT molecular complexity index is 810. The van der Waals surface area contributed by atoms with Gasteiger partial charge in [0.25, 0.3) is 0 Å². The van der Waals surface area contributed by atoms with Crippen LogP contribution in [0.1, 0.15) is 52.4 Å². The normalized spacial score (nSPS) is 25.0. The summed E-state index contributed by atoms with van der Waals surface area (Å²) in [7, 11) is -6.40. The zero-order valence-corrected chi connectivity index (χ0v) is 25.4. The molecule has 0 aliphatic heterocycles. The number of nitrogens with one attached hydrogen (secondary N) is 2. The molecular formula is C22H46N2O8S4. The molecule has 1 saturated carbocycles. The molecule has 0 bridgehead atoms. The van der Waals surface area contributed by atoms with Gasteiger partial charge in [0, 0.05) is 84.1 Å². The molecule has 1 fully saturated rings. The molecule has 10 nitrogen and oxygen atoms in total. The number of ether oxygens (including phenoxy) is 2. The lowest BCUT2D eigenvalue weighted by Gasteiger charge is -2.38. The topological polar surface area (TPSA) is 145 Å². The van der Waals surface area contributed by atoms with Crippen LogP contribution in [0.5, 0.6) is 0 Å². The summed E-state index contributed by atoms with van der Waals surface area (Å²) in [6.45, 7) is 5.75. The molecule has 0 radical (unpaired) electrons. The molecular weight excluding hydrogens is 549 g/mol. The molecule has 6 unspecified atom stereocenters. The summed E-state index contributed by atoms with van der Waals surface area (Å²) < 4.78 is 89.9. The Morgan fingerprint density at radius 1 is 0.694 bits per heavy atom. The van der Waals surface area contributed by atoms with Crippen molar-refractivity contribution in [3.8, 4) is 0 Å². The minimum atomic E-state index is -3.44. The van der Waals surface area contributed by atoms with Crippen LogP contribution in [0.4, 0.5) is 0 Å². The van der Waals surface area contributed by atoms with Crippen LogP contribution in [0.15, 0.2) is 0 Å². The molecule has 14 heteroatoms. The van der Waals surface area contributed by atoms with Crippen molar-refractivity contribution in [2.24, 2.45) is 11.8 Å². The Kier molecular flexibility index (Phi) is 16.6. The van der Waals surface area contributed by atoms with Crippen LogP contribution in [0.25, 0.3) is 0 Å². The van der Waals surface area contributed by atoms with Gasteiger partial charge in [-0.1, -0.05) is 13.8 Å². The fraction of sp³-hybridized carbons (Fsp3) is 1.00. The minimum Gasteiger partial charge on any atom is -0.385 e. The Hall–Kier alpha value is 0.0400. The van der Waals surface area contributed by atoms with Crippen molar-refractivity contribution >= 4 is 41.6 Å². The zero-order valence-electron chi connectivity index (χ0n) is 22.1. The number of sulfonamides is 2. The summed E-state index contributed by atoms with van der Waals surface area (Å²) in [5.74, 6) is 0.919. The van der Waals surface area contributed by atoms with Gasteiger partial charge in [-0.05, 0) is 50.4 Å². The molecule has 0 saturated heterocycles. The SMILES string of the molecule is COCCCNS(=O)(=O)CCCS(=O)C1CC(C)C(C)CC1S(=O)CCCS(=O)(=O)NCCCOC. The molecule has 36 heavy (non-hydrogen) atoms. The molecule has 0 amide bonds. The van der Waals surface area contributed by atoms with Gasteiger partial charge in [0.2, 0.25) is 20.0 Å². The Labute approximate surface area is 223 Å². The lowest BCUT2D eigenvalue weighted by Crippen LogP contribution is -2.44. The van der Waals surface area contributed by atoms with E-state index in [0.717, 1.165) is 0 Å². The highest BCUT2D eigenvalue weighted by atomic mass is 32.2. The van der Waals surface area contributed by atoms with Crippen molar-refractivity contribution in [1.82, 2.24) is 9.44 Å². The molecule has 216 valence electrons. The molecule has 0 heterocycles. The van der Waals surface area contributed by atoms with E-state index < -0.39 is 41.6 Å². The van der Waals surface area contributed by atoms with E-state index in [1.165, 1.54) is 0 Å². The van der Waals surface area contributed by atoms with E-state index in [0.29, 0.717) is 63.8 Å². The summed E-state index contributed by atoms with van der Waals surface area (Å²) in [6.07, 6.45) is 3.03. The number of hydrogen-bond donors (Lipinski definition) is 2. The van der Waals surface area contributed by atoms with Crippen LogP contribution < -0.4 is 9.44 Å². The zero-order chi connectivity index (χ0) is 27.2. The van der Waals surface area contributed by atoms with Gasteiger partial charge < -0.3 is 9.47 Å². The van der Waals surface area contributed by atoms with Crippen LogP contribution in [0.3, 0.4) is 0 Å². The quantitative estimate of drug-likeness (QED) is 0.199. The first-order valence-electron chi connectivity index (χ1n) is 12.6. The van der Waals surface area contributed by atoms with Gasteiger partial charge in [-0.15, -0.1) is 0 Å². The maximum Gasteiger partial charge on any atom is 0.211 e. The van der Waals surface area contributed by atoms with Gasteiger partial charge in [0.15, 0.2) is 0 Å². The smallest absolute Gasteiger partial charge is 0.211 e. The Morgan fingerprint density at radius 3 is 1.39 bits per heavy atom. The van der Waals surface area contributed by atoms with Crippen LogP contribution in [0.2, 0.25) is 0 Å². The largest absolute Gasteiger partial charge is 0.385 e. The summed E-state index contributed by atoms with van der Waals surface area (Å²) >= 11 is 0. The molecule has 1 aliphatic carbocycles. The van der Waals surface area contributed by atoms with E-state index in [1.54, 1.807) is 14.2 Å². The predicted molar refractivity (Wildman–Crippen MR) is 147 cm³/mol. The summed E-state index contributed by atoms with van der Waals surface area (Å²) in [5.41, 5.74) is 0. The van der Waals surface area contributed by atoms with Crippen molar-refractivity contribution in [3.05, 3.63) is 0 Å². The van der Waals surface area contributed by atoms with Crippen LogP contribution in [-0.2, 0) is 51.1 Å². The average Bonchev–Trinajstić information content (AvgIpc) is 2.80. The highest BCUT2D eigenvalue weighted by Gasteiger charge is 2.39. The molecule has 1 aliphatic rings. The summed E-state index contributed by atoms with van der Waals surface area (Å²) in [4.78, 5) is 0. The number of methoxy groups -OCH3 is 2. The second-order valence-corrected chi connectivity index (χ2v) is 16.9. The van der Waals surface area contributed by atoms with Crippen LogP contribution in [0, 0.1) is 11.8 Å². The number of rotatable bonds is 20. The van der Waals surface area contributed by atoms with E-state index in [-0.39, 0.29) is 46.4 Å². The van der Waals surface area contributed by atoms with Gasteiger partial charge in [0.1, 0.15) is 0 Å². The highest BCUT2D eigenvalue weighted by molar-refractivity contribution is 7.90. The third kappa shape index (κ3) is 13.7. The fourth-order valence-electron chi connectivity index (χ4n) is 4.17. The fourth-order valence-corrected chi connectivity index (χ4v) is 10.9. The molecule has 0 aromatic heterocycles. The standard InChI is InChI=1S/C22H46N2O8S4/c1-19-17-21(33(25)13-7-15-35(27,28)23-9-5-11-31-3)22(18-20(19)2)34(26)14-8-16-36(29,30)24-10-6-12-32-4/h19-24H,5-18H2,1-4H3. The van der Waals surface area contributed by atoms with Crippen molar-refractivity contribution in [3.63, 3.8) is 0 Å². The third-order valence-electron chi connectivity index (χ3n) is 6.48. The van der Waals surface area contributed by atoms with Crippen molar-refractivity contribution in [2.75, 3.05) is 63.5 Å². The molecule has 0 aromatic rings. The Morgan fingerprint density at radius 2 is 1.06 bits per heavy atom. The molecule has 0 spiro atoms. The van der Waals surface area contributed by atoms with Gasteiger partial charge >= 0.3 is 0 Å².